The summed E-state index contributed by atoms with van der Waals surface area (Å²) < 4.78 is 31.5. The molecule has 0 saturated carbocycles. The third-order valence-corrected chi connectivity index (χ3v) is 2.98. The minimum Gasteiger partial charge on any atom is -0.480 e. The summed E-state index contributed by atoms with van der Waals surface area (Å²) in [5.41, 5.74) is 0.585. The molecule has 0 aromatic carbocycles. The molecule has 1 heterocycles. The Balaban J connectivity index is 3.17. The Morgan fingerprint density at radius 2 is 2.17 bits per heavy atom. The number of methoxy groups -OCH3 is 1. The minimum atomic E-state index is -3.54. The second kappa shape index (κ2) is 2.78. The Bertz CT molecular complexity index is 342. The second-order valence-corrected chi connectivity index (χ2v) is 3.99. The van der Waals surface area contributed by atoms with Gasteiger partial charge >= 0.3 is 10.2 Å². The van der Waals surface area contributed by atoms with Gasteiger partial charge in [0.15, 0.2) is 0 Å². The lowest BCUT2D eigenvalue weighted by Gasteiger charge is -2.20. The van der Waals surface area contributed by atoms with E-state index in [2.05, 4.69) is 4.40 Å². The number of hydrogen-bond donors (Lipinski definition) is 0. The molecular formula is C6H10N2O3S. The van der Waals surface area contributed by atoms with E-state index in [1.54, 1.807) is 13.0 Å². The summed E-state index contributed by atoms with van der Waals surface area (Å²) in [7, 11) is -0.724. The highest BCUT2D eigenvalue weighted by Gasteiger charge is 2.22. The van der Waals surface area contributed by atoms with Crippen LogP contribution >= 0.6 is 0 Å². The van der Waals surface area contributed by atoms with E-state index in [-0.39, 0.29) is 5.90 Å². The lowest BCUT2D eigenvalue weighted by atomic mass is 10.4. The molecule has 1 rings (SSSR count). The van der Waals surface area contributed by atoms with Crippen molar-refractivity contribution >= 4 is 16.1 Å². The maximum Gasteiger partial charge on any atom is 0.347 e. The van der Waals surface area contributed by atoms with Gasteiger partial charge in [-0.05, 0) is 6.92 Å². The van der Waals surface area contributed by atoms with Crippen LogP contribution in [0.3, 0.4) is 0 Å². The van der Waals surface area contributed by atoms with Gasteiger partial charge in [-0.2, -0.15) is 8.42 Å². The van der Waals surface area contributed by atoms with Crippen LogP contribution < -0.4 is 0 Å². The van der Waals surface area contributed by atoms with Gasteiger partial charge in [0.2, 0.25) is 5.90 Å². The highest BCUT2D eigenvalue weighted by molar-refractivity contribution is 7.88. The summed E-state index contributed by atoms with van der Waals surface area (Å²) in [6, 6.07) is 0. The van der Waals surface area contributed by atoms with Crippen molar-refractivity contribution < 1.29 is 13.2 Å². The molecule has 0 unspecified atom stereocenters. The summed E-state index contributed by atoms with van der Waals surface area (Å²) in [6.45, 7) is 1.67. The first-order valence-electron chi connectivity index (χ1n) is 3.28. The molecule has 1 aliphatic heterocycles. The van der Waals surface area contributed by atoms with Crippen molar-refractivity contribution in [1.82, 2.24) is 4.31 Å². The Morgan fingerprint density at radius 3 is 2.58 bits per heavy atom. The van der Waals surface area contributed by atoms with Gasteiger partial charge < -0.3 is 4.74 Å². The third-order valence-electron chi connectivity index (χ3n) is 1.59. The van der Waals surface area contributed by atoms with Crippen LogP contribution in [0.15, 0.2) is 16.2 Å². The normalized spacial score (nSPS) is 21.4. The van der Waals surface area contributed by atoms with Gasteiger partial charge in [-0.1, -0.05) is 0 Å². The van der Waals surface area contributed by atoms with Crippen molar-refractivity contribution in [2.45, 2.75) is 6.92 Å². The van der Waals surface area contributed by atoms with Crippen LogP contribution in [0.1, 0.15) is 6.92 Å². The standard InChI is InChI=1S/C6H10N2O3S/c1-5-4-6(11-3)7-12(9,10)8(5)2/h4H,1-3H3. The molecule has 12 heavy (non-hydrogen) atoms. The molecular weight excluding hydrogens is 180 g/mol. The van der Waals surface area contributed by atoms with Gasteiger partial charge in [0, 0.05) is 18.8 Å². The molecule has 0 aromatic rings. The summed E-state index contributed by atoms with van der Waals surface area (Å²) in [5.74, 6) is 0.116. The zero-order chi connectivity index (χ0) is 9.35. The van der Waals surface area contributed by atoms with Crippen molar-refractivity contribution in [3.8, 4) is 0 Å². The Kier molecular flexibility index (Phi) is 2.10. The average Bonchev–Trinajstić information content (AvgIpc) is 1.99. The van der Waals surface area contributed by atoms with E-state index in [1.165, 1.54) is 14.2 Å². The van der Waals surface area contributed by atoms with E-state index in [1.807, 2.05) is 0 Å². The number of hydrogen-bond acceptors (Lipinski definition) is 3. The molecule has 0 radical (unpaired) electrons. The van der Waals surface area contributed by atoms with E-state index in [0.29, 0.717) is 5.70 Å². The van der Waals surface area contributed by atoms with Gasteiger partial charge in [-0.15, -0.1) is 4.40 Å². The van der Waals surface area contributed by atoms with Gasteiger partial charge in [-0.25, -0.2) is 0 Å². The quantitative estimate of drug-likeness (QED) is 0.545. The van der Waals surface area contributed by atoms with E-state index in [9.17, 15) is 8.42 Å². The molecule has 5 nitrogen and oxygen atoms in total. The van der Waals surface area contributed by atoms with Crippen molar-refractivity contribution in [2.75, 3.05) is 14.2 Å². The van der Waals surface area contributed by atoms with Crippen molar-refractivity contribution in [3.05, 3.63) is 11.8 Å². The average molecular weight is 190 g/mol. The minimum absolute atomic E-state index is 0.116. The first-order valence-corrected chi connectivity index (χ1v) is 4.68. The molecule has 68 valence electrons. The van der Waals surface area contributed by atoms with E-state index >= 15 is 0 Å². The molecule has 0 bridgehead atoms. The van der Waals surface area contributed by atoms with Crippen LogP contribution in [0, 0.1) is 0 Å². The van der Waals surface area contributed by atoms with Gasteiger partial charge in [0.1, 0.15) is 0 Å². The number of allylic oxidation sites excluding steroid dienone is 1. The zero-order valence-electron chi connectivity index (χ0n) is 7.10. The number of rotatable bonds is 0. The van der Waals surface area contributed by atoms with Crippen molar-refractivity contribution in [1.29, 1.82) is 0 Å². The van der Waals surface area contributed by atoms with Crippen LogP contribution in [0.2, 0.25) is 0 Å². The Hall–Kier alpha value is -1.04. The molecule has 1 aliphatic rings. The van der Waals surface area contributed by atoms with E-state index in [4.69, 9.17) is 4.74 Å². The van der Waals surface area contributed by atoms with Crippen LogP contribution in [0.5, 0.6) is 0 Å². The fraction of sp³-hybridized carbons (Fsp3) is 0.500. The highest BCUT2D eigenvalue weighted by Crippen LogP contribution is 2.14. The molecule has 0 amide bonds. The fourth-order valence-corrected chi connectivity index (χ4v) is 1.64. The van der Waals surface area contributed by atoms with Crippen LogP contribution in [-0.4, -0.2) is 32.8 Å². The van der Waals surface area contributed by atoms with Gasteiger partial charge in [-0.3, -0.25) is 4.31 Å². The summed E-state index contributed by atoms with van der Waals surface area (Å²) in [5, 5.41) is 0. The molecule has 0 atom stereocenters. The largest absolute Gasteiger partial charge is 0.480 e. The maximum atomic E-state index is 11.2. The SMILES string of the molecule is COC1=NS(=O)(=O)N(C)C(C)=C1. The summed E-state index contributed by atoms with van der Waals surface area (Å²) in [6.07, 6.45) is 1.56. The van der Waals surface area contributed by atoms with E-state index in [0.717, 1.165) is 4.31 Å². The van der Waals surface area contributed by atoms with Crippen LogP contribution in [-0.2, 0) is 14.9 Å². The lowest BCUT2D eigenvalue weighted by molar-refractivity contribution is 0.403. The van der Waals surface area contributed by atoms with Gasteiger partial charge in [0.05, 0.1) is 7.11 Å². The second-order valence-electron chi connectivity index (χ2n) is 2.36. The van der Waals surface area contributed by atoms with Gasteiger partial charge in [0.25, 0.3) is 0 Å². The molecule has 0 aromatic heterocycles. The smallest absolute Gasteiger partial charge is 0.347 e. The predicted molar refractivity (Wildman–Crippen MR) is 44.9 cm³/mol. The first kappa shape index (κ1) is 9.05. The molecule has 0 aliphatic carbocycles. The first-order chi connectivity index (χ1) is 5.47. The third kappa shape index (κ3) is 1.42. The molecule has 0 N–H and O–H groups in total. The molecule has 0 saturated heterocycles. The van der Waals surface area contributed by atoms with E-state index < -0.39 is 10.2 Å². The lowest BCUT2D eigenvalue weighted by Crippen LogP contribution is -2.28. The zero-order valence-corrected chi connectivity index (χ0v) is 7.92. The summed E-state index contributed by atoms with van der Waals surface area (Å²) in [4.78, 5) is 0. The number of ether oxygens (including phenoxy) is 1. The van der Waals surface area contributed by atoms with Crippen molar-refractivity contribution in [3.63, 3.8) is 0 Å². The highest BCUT2D eigenvalue weighted by atomic mass is 32.2. The monoisotopic (exact) mass is 190 g/mol. The molecule has 0 fully saturated rings. The predicted octanol–water partition coefficient (Wildman–Crippen LogP) is 0.125. The van der Waals surface area contributed by atoms with Crippen LogP contribution in [0.4, 0.5) is 0 Å². The Morgan fingerprint density at radius 1 is 1.58 bits per heavy atom. The summed E-state index contributed by atoms with van der Waals surface area (Å²) >= 11 is 0. The maximum absolute atomic E-state index is 11.2. The van der Waals surface area contributed by atoms with Crippen LogP contribution in [0.25, 0.3) is 0 Å². The number of nitrogens with zero attached hydrogens (tertiary/aromatic N) is 2. The molecule has 0 spiro atoms. The van der Waals surface area contributed by atoms with Crippen molar-refractivity contribution in [2.24, 2.45) is 4.40 Å². The molecule has 6 heteroatoms. The topological polar surface area (TPSA) is 59.0 Å². The fourth-order valence-electron chi connectivity index (χ4n) is 0.749. The Labute approximate surface area is 71.5 Å².